The third kappa shape index (κ3) is 3.98. The summed E-state index contributed by atoms with van der Waals surface area (Å²) in [6.07, 6.45) is 1.55. The Hall–Kier alpha value is -2.61. The van der Waals surface area contributed by atoms with E-state index in [2.05, 4.69) is 15.3 Å². The van der Waals surface area contributed by atoms with Crippen molar-refractivity contribution in [1.82, 2.24) is 9.97 Å². The van der Waals surface area contributed by atoms with Crippen LogP contribution in [0.15, 0.2) is 24.4 Å². The van der Waals surface area contributed by atoms with Gasteiger partial charge < -0.3 is 10.1 Å². The van der Waals surface area contributed by atoms with Crippen molar-refractivity contribution < 1.29 is 9.66 Å². The van der Waals surface area contributed by atoms with Crippen LogP contribution in [0.3, 0.4) is 0 Å². The average molecular weight is 332 g/mol. The van der Waals surface area contributed by atoms with Crippen LogP contribution < -0.4 is 5.32 Å². The fourth-order valence-corrected chi connectivity index (χ4v) is 2.23. The van der Waals surface area contributed by atoms with Gasteiger partial charge in [0.25, 0.3) is 5.69 Å². The van der Waals surface area contributed by atoms with E-state index >= 15 is 0 Å². The molecule has 0 saturated heterocycles. The second-order valence-corrected chi connectivity index (χ2v) is 5.17. The molecule has 1 N–H and O–H groups in total. The minimum atomic E-state index is -0.448. The van der Waals surface area contributed by atoms with Crippen LogP contribution in [-0.2, 0) is 4.74 Å². The smallest absolute Gasteiger partial charge is 0.292 e. The number of nitrogens with zero attached hydrogens (tertiary/aromatic N) is 3. The summed E-state index contributed by atoms with van der Waals surface area (Å²) in [7, 11) is 0. The number of rotatable bonds is 5. The van der Waals surface area contributed by atoms with Gasteiger partial charge in [0, 0.05) is 12.3 Å². The van der Waals surface area contributed by atoms with E-state index in [1.54, 1.807) is 25.3 Å². The van der Waals surface area contributed by atoms with Crippen LogP contribution in [0.2, 0.25) is 0 Å². The molecule has 0 saturated carbocycles. The summed E-state index contributed by atoms with van der Waals surface area (Å²) in [6.45, 7) is 5.81. The van der Waals surface area contributed by atoms with Crippen LogP contribution in [0.5, 0.6) is 0 Å². The zero-order valence-electron chi connectivity index (χ0n) is 13.0. The van der Waals surface area contributed by atoms with Crippen molar-refractivity contribution in [2.24, 2.45) is 0 Å². The number of nitro groups is 1. The van der Waals surface area contributed by atoms with E-state index in [-0.39, 0.29) is 10.7 Å². The number of thiocarbonyl (C=S) groups is 1. The van der Waals surface area contributed by atoms with Crippen molar-refractivity contribution in [3.63, 3.8) is 0 Å². The normalized spacial score (nSPS) is 10.2. The molecule has 0 unspecified atom stereocenters. The van der Waals surface area contributed by atoms with E-state index in [1.807, 2.05) is 13.8 Å². The maximum Gasteiger partial charge on any atom is 0.292 e. The van der Waals surface area contributed by atoms with Gasteiger partial charge in [-0.15, -0.1) is 0 Å². The van der Waals surface area contributed by atoms with Crippen molar-refractivity contribution >= 4 is 34.5 Å². The molecule has 0 bridgehead atoms. The summed E-state index contributed by atoms with van der Waals surface area (Å²) in [5.74, 6) is 0.899. The summed E-state index contributed by atoms with van der Waals surface area (Å²) in [5, 5.41) is 14.4. The molecule has 8 heteroatoms. The number of aromatic nitrogens is 2. The maximum absolute atomic E-state index is 11.2. The minimum absolute atomic E-state index is 0.0415. The van der Waals surface area contributed by atoms with Gasteiger partial charge in [-0.25, -0.2) is 9.97 Å². The number of ether oxygens (including phenoxy) is 1. The van der Waals surface area contributed by atoms with Gasteiger partial charge in [-0.3, -0.25) is 10.1 Å². The lowest BCUT2D eigenvalue weighted by molar-refractivity contribution is -0.383. The first-order valence-electron chi connectivity index (χ1n) is 6.95. The molecular weight excluding hydrogens is 316 g/mol. The lowest BCUT2D eigenvalue weighted by atomic mass is 10.2. The average Bonchev–Trinajstić information content (AvgIpc) is 2.47. The number of nitro benzene ring substituents is 1. The second kappa shape index (κ2) is 7.10. The first kappa shape index (κ1) is 16.8. The van der Waals surface area contributed by atoms with Gasteiger partial charge in [0.1, 0.15) is 17.3 Å². The Bertz CT molecular complexity index is 764. The van der Waals surface area contributed by atoms with Gasteiger partial charge in [-0.05, 0) is 44.6 Å². The second-order valence-electron chi connectivity index (χ2n) is 4.80. The molecule has 2 rings (SSSR count). The third-order valence-electron chi connectivity index (χ3n) is 3.01. The van der Waals surface area contributed by atoms with E-state index in [0.717, 1.165) is 5.56 Å². The number of hydrogen-bond acceptors (Lipinski definition) is 7. The molecule has 1 heterocycles. The van der Waals surface area contributed by atoms with Crippen LogP contribution in [0, 0.1) is 24.0 Å². The maximum atomic E-state index is 11.2. The van der Waals surface area contributed by atoms with Crippen LogP contribution in [-0.4, -0.2) is 26.5 Å². The Morgan fingerprint density at radius 1 is 1.43 bits per heavy atom. The van der Waals surface area contributed by atoms with E-state index < -0.39 is 4.92 Å². The number of benzene rings is 1. The zero-order valence-corrected chi connectivity index (χ0v) is 13.8. The first-order valence-corrected chi connectivity index (χ1v) is 7.36. The van der Waals surface area contributed by atoms with Gasteiger partial charge in [0.2, 0.25) is 0 Å². The summed E-state index contributed by atoms with van der Waals surface area (Å²) in [5.41, 5.74) is 1.68. The predicted molar refractivity (Wildman–Crippen MR) is 91.2 cm³/mol. The zero-order chi connectivity index (χ0) is 17.0. The highest BCUT2D eigenvalue weighted by Crippen LogP contribution is 2.29. The Morgan fingerprint density at radius 3 is 2.83 bits per heavy atom. The summed E-state index contributed by atoms with van der Waals surface area (Å²) in [6, 6.07) is 4.82. The summed E-state index contributed by atoms with van der Waals surface area (Å²) in [4.78, 5) is 19.1. The first-order chi connectivity index (χ1) is 10.9. The van der Waals surface area contributed by atoms with Gasteiger partial charge in [0.05, 0.1) is 17.1 Å². The highest BCUT2D eigenvalue weighted by atomic mass is 32.1. The van der Waals surface area contributed by atoms with Crippen molar-refractivity contribution in [2.75, 3.05) is 11.9 Å². The van der Waals surface area contributed by atoms with Crippen LogP contribution in [0.4, 0.5) is 17.2 Å². The SMILES string of the molecule is CCOC(=S)c1cnc(C)nc1Nc1cc(C)ccc1[N+](=O)[O-]. The van der Waals surface area contributed by atoms with E-state index in [4.69, 9.17) is 17.0 Å². The lowest BCUT2D eigenvalue weighted by Gasteiger charge is -2.13. The van der Waals surface area contributed by atoms with Gasteiger partial charge in [0.15, 0.2) is 5.05 Å². The van der Waals surface area contributed by atoms with E-state index in [9.17, 15) is 10.1 Å². The lowest BCUT2D eigenvalue weighted by Crippen LogP contribution is -2.10. The van der Waals surface area contributed by atoms with E-state index in [1.165, 1.54) is 6.07 Å². The molecule has 0 aliphatic carbocycles. The molecule has 0 atom stereocenters. The molecule has 0 spiro atoms. The topological polar surface area (TPSA) is 90.2 Å². The largest absolute Gasteiger partial charge is 0.483 e. The third-order valence-corrected chi connectivity index (χ3v) is 3.34. The molecule has 120 valence electrons. The van der Waals surface area contributed by atoms with Crippen molar-refractivity contribution in [2.45, 2.75) is 20.8 Å². The molecule has 0 fully saturated rings. The van der Waals surface area contributed by atoms with Crippen molar-refractivity contribution in [3.05, 3.63) is 51.5 Å². The fraction of sp³-hybridized carbons (Fsp3) is 0.267. The standard InChI is InChI=1S/C15H16N4O3S/c1-4-22-15(23)11-8-16-10(3)17-14(11)18-12-7-9(2)5-6-13(12)19(20)21/h5-8H,4H2,1-3H3,(H,16,17,18). The molecule has 0 radical (unpaired) electrons. The number of anilines is 2. The Kier molecular flexibility index (Phi) is 5.17. The minimum Gasteiger partial charge on any atom is -0.483 e. The molecular formula is C15H16N4O3S. The monoisotopic (exact) mass is 332 g/mol. The molecule has 7 nitrogen and oxygen atoms in total. The Labute approximate surface area is 138 Å². The van der Waals surface area contributed by atoms with Gasteiger partial charge in [-0.2, -0.15) is 0 Å². The van der Waals surface area contributed by atoms with Crippen LogP contribution >= 0.6 is 12.2 Å². The molecule has 1 aromatic heterocycles. The van der Waals surface area contributed by atoms with Crippen LogP contribution in [0.25, 0.3) is 0 Å². The molecule has 2 aromatic rings. The molecule has 0 amide bonds. The summed E-state index contributed by atoms with van der Waals surface area (Å²) >= 11 is 5.20. The molecule has 1 aromatic carbocycles. The van der Waals surface area contributed by atoms with Crippen molar-refractivity contribution in [3.8, 4) is 0 Å². The van der Waals surface area contributed by atoms with E-state index in [0.29, 0.717) is 29.5 Å². The number of aryl methyl sites for hydroxylation is 2. The highest BCUT2D eigenvalue weighted by Gasteiger charge is 2.18. The predicted octanol–water partition coefficient (Wildman–Crippen LogP) is 3.46. The summed E-state index contributed by atoms with van der Waals surface area (Å²) < 4.78 is 5.33. The Balaban J connectivity index is 2.48. The molecule has 0 aliphatic heterocycles. The fourth-order valence-electron chi connectivity index (χ4n) is 1.96. The van der Waals surface area contributed by atoms with Crippen molar-refractivity contribution in [1.29, 1.82) is 0 Å². The number of nitrogens with one attached hydrogen (secondary N) is 1. The molecule has 23 heavy (non-hydrogen) atoms. The Morgan fingerprint density at radius 2 is 2.17 bits per heavy atom. The van der Waals surface area contributed by atoms with Crippen LogP contribution in [0.1, 0.15) is 23.9 Å². The van der Waals surface area contributed by atoms with Gasteiger partial charge >= 0.3 is 0 Å². The number of hydrogen-bond donors (Lipinski definition) is 1. The quantitative estimate of drug-likeness (QED) is 0.509. The highest BCUT2D eigenvalue weighted by molar-refractivity contribution is 7.80. The van der Waals surface area contributed by atoms with Gasteiger partial charge in [-0.1, -0.05) is 6.07 Å². The molecule has 0 aliphatic rings.